The number of benzene rings is 1. The molecule has 0 aliphatic rings. The van der Waals surface area contributed by atoms with Crippen LogP contribution >= 0.6 is 0 Å². The molecule has 6 heteroatoms. The number of aromatic nitrogens is 2. The summed E-state index contributed by atoms with van der Waals surface area (Å²) >= 11 is 0. The molecule has 1 aromatic heterocycles. The molecule has 0 amide bonds. The molecule has 0 aliphatic carbocycles. The van der Waals surface area contributed by atoms with E-state index in [1.807, 2.05) is 13.2 Å². The van der Waals surface area contributed by atoms with Crippen molar-refractivity contribution in [1.82, 2.24) is 9.78 Å². The lowest BCUT2D eigenvalue weighted by Crippen LogP contribution is -2.07. The van der Waals surface area contributed by atoms with Gasteiger partial charge >= 0.3 is 5.97 Å². The molecule has 1 heterocycles. The number of carbonyl (C=O) groups is 1. The second kappa shape index (κ2) is 6.10. The molecule has 3 N–H and O–H groups in total. The zero-order valence-electron chi connectivity index (χ0n) is 11.6. The summed E-state index contributed by atoms with van der Waals surface area (Å²) in [7, 11) is 1.86. The van der Waals surface area contributed by atoms with Gasteiger partial charge in [0.1, 0.15) is 0 Å². The smallest absolute Gasteiger partial charge is 0.338 e. The van der Waals surface area contributed by atoms with Crippen molar-refractivity contribution in [3.63, 3.8) is 0 Å². The molecular formula is C14H18N4O2. The van der Waals surface area contributed by atoms with Crippen molar-refractivity contribution in [2.45, 2.75) is 13.5 Å². The average Bonchev–Trinajstić information content (AvgIpc) is 2.84. The first kappa shape index (κ1) is 13.9. The molecule has 0 saturated heterocycles. The van der Waals surface area contributed by atoms with Crippen LogP contribution < -0.4 is 11.1 Å². The molecule has 0 bridgehead atoms. The lowest BCUT2D eigenvalue weighted by atomic mass is 10.1. The number of anilines is 2. The normalized spacial score (nSPS) is 10.3. The summed E-state index contributed by atoms with van der Waals surface area (Å²) < 4.78 is 6.70. The summed E-state index contributed by atoms with van der Waals surface area (Å²) in [5.74, 6) is -0.350. The Kier molecular flexibility index (Phi) is 4.24. The van der Waals surface area contributed by atoms with Crippen LogP contribution in [0.25, 0.3) is 0 Å². The fraction of sp³-hybridized carbons (Fsp3) is 0.286. The molecular weight excluding hydrogens is 256 g/mol. The molecule has 1 aromatic carbocycles. The van der Waals surface area contributed by atoms with E-state index in [9.17, 15) is 4.79 Å². The van der Waals surface area contributed by atoms with E-state index in [1.54, 1.807) is 36.0 Å². The van der Waals surface area contributed by atoms with Gasteiger partial charge in [0.05, 0.1) is 29.7 Å². The van der Waals surface area contributed by atoms with Crippen molar-refractivity contribution in [2.75, 3.05) is 17.7 Å². The van der Waals surface area contributed by atoms with Crippen LogP contribution in [0, 0.1) is 0 Å². The molecule has 0 spiro atoms. The molecule has 0 unspecified atom stereocenters. The minimum atomic E-state index is -0.350. The highest BCUT2D eigenvalue weighted by Gasteiger charge is 2.09. The lowest BCUT2D eigenvalue weighted by molar-refractivity contribution is 0.0526. The molecule has 6 nitrogen and oxygen atoms in total. The maximum atomic E-state index is 11.7. The number of nitrogens with zero attached hydrogens (tertiary/aromatic N) is 2. The van der Waals surface area contributed by atoms with Gasteiger partial charge < -0.3 is 15.8 Å². The van der Waals surface area contributed by atoms with Crippen molar-refractivity contribution < 1.29 is 9.53 Å². The van der Waals surface area contributed by atoms with Crippen LogP contribution in [-0.2, 0) is 18.3 Å². The Morgan fingerprint density at radius 3 is 2.95 bits per heavy atom. The highest BCUT2D eigenvalue weighted by Crippen LogP contribution is 2.21. The first-order valence-corrected chi connectivity index (χ1v) is 6.38. The maximum Gasteiger partial charge on any atom is 0.338 e. The fourth-order valence-corrected chi connectivity index (χ4v) is 1.81. The van der Waals surface area contributed by atoms with Gasteiger partial charge in [0, 0.05) is 25.4 Å². The Balaban J connectivity index is 2.10. The van der Waals surface area contributed by atoms with Crippen LogP contribution in [0.5, 0.6) is 0 Å². The largest absolute Gasteiger partial charge is 0.462 e. The average molecular weight is 274 g/mol. The van der Waals surface area contributed by atoms with Gasteiger partial charge in [0.15, 0.2) is 0 Å². The third kappa shape index (κ3) is 3.28. The van der Waals surface area contributed by atoms with E-state index in [-0.39, 0.29) is 5.97 Å². The van der Waals surface area contributed by atoms with Crippen LogP contribution in [0.4, 0.5) is 11.4 Å². The molecule has 0 radical (unpaired) electrons. The van der Waals surface area contributed by atoms with Crippen LogP contribution in [0.15, 0.2) is 30.6 Å². The van der Waals surface area contributed by atoms with E-state index in [4.69, 9.17) is 10.5 Å². The molecule has 0 aliphatic heterocycles. The van der Waals surface area contributed by atoms with Crippen LogP contribution in [0.3, 0.4) is 0 Å². The molecule has 2 aromatic rings. The number of ether oxygens (including phenoxy) is 1. The first-order chi connectivity index (χ1) is 9.60. The van der Waals surface area contributed by atoms with Crippen LogP contribution in [0.2, 0.25) is 0 Å². The Labute approximate surface area is 117 Å². The number of hydrogen-bond acceptors (Lipinski definition) is 5. The summed E-state index contributed by atoms with van der Waals surface area (Å²) in [4.78, 5) is 11.7. The van der Waals surface area contributed by atoms with Gasteiger partial charge in [-0.3, -0.25) is 4.68 Å². The number of nitrogens with one attached hydrogen (secondary N) is 1. The first-order valence-electron chi connectivity index (χ1n) is 6.38. The Morgan fingerprint density at radius 1 is 1.50 bits per heavy atom. The second-order valence-corrected chi connectivity index (χ2v) is 4.40. The number of esters is 1. The van der Waals surface area contributed by atoms with Crippen molar-refractivity contribution in [3.8, 4) is 0 Å². The zero-order valence-corrected chi connectivity index (χ0v) is 11.6. The molecule has 2 rings (SSSR count). The van der Waals surface area contributed by atoms with Gasteiger partial charge in [-0.1, -0.05) is 0 Å². The van der Waals surface area contributed by atoms with Crippen LogP contribution in [0.1, 0.15) is 22.8 Å². The predicted molar refractivity (Wildman–Crippen MR) is 77.3 cm³/mol. The number of hydrogen-bond donors (Lipinski definition) is 2. The van der Waals surface area contributed by atoms with E-state index in [0.717, 1.165) is 5.56 Å². The van der Waals surface area contributed by atoms with Gasteiger partial charge in [-0.2, -0.15) is 5.10 Å². The molecule has 0 saturated carbocycles. The van der Waals surface area contributed by atoms with Crippen LogP contribution in [-0.4, -0.2) is 22.4 Å². The second-order valence-electron chi connectivity index (χ2n) is 4.40. The molecule has 0 fully saturated rings. The third-order valence-corrected chi connectivity index (χ3v) is 2.81. The highest BCUT2D eigenvalue weighted by atomic mass is 16.5. The van der Waals surface area contributed by atoms with Crippen molar-refractivity contribution >= 4 is 17.3 Å². The number of nitrogen functional groups attached to an aromatic ring is 1. The minimum Gasteiger partial charge on any atom is -0.462 e. The Hall–Kier alpha value is -2.50. The maximum absolute atomic E-state index is 11.7. The van der Waals surface area contributed by atoms with E-state index in [0.29, 0.717) is 30.1 Å². The van der Waals surface area contributed by atoms with E-state index >= 15 is 0 Å². The third-order valence-electron chi connectivity index (χ3n) is 2.81. The van der Waals surface area contributed by atoms with E-state index in [1.165, 1.54) is 0 Å². The van der Waals surface area contributed by atoms with Gasteiger partial charge in [-0.05, 0) is 25.1 Å². The number of nitrogens with two attached hydrogens (primary N) is 1. The summed E-state index contributed by atoms with van der Waals surface area (Å²) in [6.07, 6.45) is 3.69. The zero-order chi connectivity index (χ0) is 14.5. The summed E-state index contributed by atoms with van der Waals surface area (Å²) in [5, 5.41) is 7.29. The van der Waals surface area contributed by atoms with Crippen molar-refractivity contribution in [1.29, 1.82) is 0 Å². The van der Waals surface area contributed by atoms with Gasteiger partial charge in [0.2, 0.25) is 0 Å². The monoisotopic (exact) mass is 274 g/mol. The fourth-order valence-electron chi connectivity index (χ4n) is 1.81. The molecule has 20 heavy (non-hydrogen) atoms. The van der Waals surface area contributed by atoms with Gasteiger partial charge in [0.25, 0.3) is 0 Å². The van der Waals surface area contributed by atoms with Gasteiger partial charge in [-0.15, -0.1) is 0 Å². The topological polar surface area (TPSA) is 82.2 Å². The highest BCUT2D eigenvalue weighted by molar-refractivity contribution is 5.92. The van der Waals surface area contributed by atoms with E-state index in [2.05, 4.69) is 10.4 Å². The van der Waals surface area contributed by atoms with Crippen molar-refractivity contribution in [2.24, 2.45) is 7.05 Å². The van der Waals surface area contributed by atoms with Gasteiger partial charge in [-0.25, -0.2) is 4.79 Å². The number of carbonyl (C=O) groups excluding carboxylic acids is 1. The Morgan fingerprint density at radius 2 is 2.30 bits per heavy atom. The summed E-state index contributed by atoms with van der Waals surface area (Å²) in [5.41, 5.74) is 8.71. The summed E-state index contributed by atoms with van der Waals surface area (Å²) in [6, 6.07) is 5.05. The predicted octanol–water partition coefficient (Wildman–Crippen LogP) is 1.79. The minimum absolute atomic E-state index is 0.349. The Bertz CT molecular complexity index is 607. The summed E-state index contributed by atoms with van der Waals surface area (Å²) in [6.45, 7) is 2.71. The number of aryl methyl sites for hydroxylation is 1. The van der Waals surface area contributed by atoms with Crippen molar-refractivity contribution in [3.05, 3.63) is 41.7 Å². The molecule has 0 atom stereocenters. The lowest BCUT2D eigenvalue weighted by Gasteiger charge is -2.10. The standard InChI is InChI=1S/C14H18N4O2/c1-3-20-14(19)11-4-5-12(15)13(6-11)16-7-10-8-17-18(2)9-10/h4-6,8-9,16H,3,7,15H2,1-2H3. The SMILES string of the molecule is CCOC(=O)c1ccc(N)c(NCc2cnn(C)c2)c1. The van der Waals surface area contributed by atoms with E-state index < -0.39 is 0 Å². The quantitative estimate of drug-likeness (QED) is 0.641. The molecule has 106 valence electrons. The number of rotatable bonds is 5.